The highest BCUT2D eigenvalue weighted by atomic mass is 35.5. The van der Waals surface area contributed by atoms with Gasteiger partial charge in [-0.15, -0.1) is 0 Å². The lowest BCUT2D eigenvalue weighted by Crippen LogP contribution is -2.41. The Balaban J connectivity index is 1.73. The van der Waals surface area contributed by atoms with Gasteiger partial charge >= 0.3 is 7.12 Å². The first-order chi connectivity index (χ1) is 11.7. The maximum absolute atomic E-state index is 6.18. The van der Waals surface area contributed by atoms with Gasteiger partial charge in [-0.2, -0.15) is 0 Å². The Kier molecular flexibility index (Phi) is 4.89. The molecule has 132 valence electrons. The highest BCUT2D eigenvalue weighted by molar-refractivity contribution is 6.62. The van der Waals surface area contributed by atoms with Gasteiger partial charge in [0.15, 0.2) is 0 Å². The summed E-state index contributed by atoms with van der Waals surface area (Å²) in [5, 5.41) is 0.717. The molecule has 1 heterocycles. The van der Waals surface area contributed by atoms with Gasteiger partial charge in [-0.05, 0) is 57.8 Å². The first kappa shape index (κ1) is 18.3. The summed E-state index contributed by atoms with van der Waals surface area (Å²) >= 11 is 6.18. The zero-order valence-electron chi connectivity index (χ0n) is 15.4. The third kappa shape index (κ3) is 3.71. The summed E-state index contributed by atoms with van der Waals surface area (Å²) in [6, 6.07) is 13.7. The number of rotatable bonds is 4. The number of halogens is 1. The molecule has 1 saturated heterocycles. The van der Waals surface area contributed by atoms with Crippen LogP contribution in [-0.4, -0.2) is 18.3 Å². The van der Waals surface area contributed by atoms with Crippen molar-refractivity contribution in [1.29, 1.82) is 0 Å². The zero-order valence-corrected chi connectivity index (χ0v) is 16.2. The molecular weight excluding hydrogens is 334 g/mol. The lowest BCUT2D eigenvalue weighted by molar-refractivity contribution is 0.00578. The van der Waals surface area contributed by atoms with Gasteiger partial charge in [0.25, 0.3) is 0 Å². The van der Waals surface area contributed by atoms with Gasteiger partial charge in [-0.25, -0.2) is 0 Å². The second-order valence-electron chi connectivity index (χ2n) is 7.49. The van der Waals surface area contributed by atoms with Gasteiger partial charge < -0.3 is 14.0 Å². The molecule has 0 aliphatic carbocycles. The third-order valence-corrected chi connectivity index (χ3v) is 5.43. The standard InChI is InChI=1S/C20H24BClO3/c1-14-12-16(21-24-19(2,3)20(4,5)25-21)10-11-18(14)23-13-15-8-6-7-9-17(15)22/h6-12H,13H2,1-5H3. The molecule has 0 radical (unpaired) electrons. The van der Waals surface area contributed by atoms with Crippen LogP contribution in [0.4, 0.5) is 0 Å². The molecular formula is C20H24BClO3. The SMILES string of the molecule is Cc1cc(B2OC(C)(C)C(C)(C)O2)ccc1OCc1ccccc1Cl. The number of benzene rings is 2. The fourth-order valence-electron chi connectivity index (χ4n) is 2.73. The smallest absolute Gasteiger partial charge is 0.489 e. The summed E-state index contributed by atoms with van der Waals surface area (Å²) in [5.41, 5.74) is 2.33. The van der Waals surface area contributed by atoms with Crippen molar-refractivity contribution in [3.05, 3.63) is 58.6 Å². The topological polar surface area (TPSA) is 27.7 Å². The van der Waals surface area contributed by atoms with Crippen LogP contribution in [0.25, 0.3) is 0 Å². The molecule has 2 aromatic rings. The van der Waals surface area contributed by atoms with E-state index in [2.05, 4.69) is 33.8 Å². The average Bonchev–Trinajstić information content (AvgIpc) is 2.75. The minimum absolute atomic E-state index is 0.342. The van der Waals surface area contributed by atoms with Crippen LogP contribution < -0.4 is 10.2 Å². The van der Waals surface area contributed by atoms with Gasteiger partial charge in [0.05, 0.1) is 11.2 Å². The predicted molar refractivity (Wildman–Crippen MR) is 103 cm³/mol. The summed E-state index contributed by atoms with van der Waals surface area (Å²) in [4.78, 5) is 0. The molecule has 1 fully saturated rings. The van der Waals surface area contributed by atoms with E-state index in [0.29, 0.717) is 11.6 Å². The summed E-state index contributed by atoms with van der Waals surface area (Å²) in [7, 11) is -0.360. The monoisotopic (exact) mass is 358 g/mol. The maximum Gasteiger partial charge on any atom is 0.494 e. The molecule has 0 atom stereocenters. The van der Waals surface area contributed by atoms with Crippen LogP contribution in [0.3, 0.4) is 0 Å². The van der Waals surface area contributed by atoms with Gasteiger partial charge in [0.1, 0.15) is 12.4 Å². The molecule has 1 aliphatic rings. The van der Waals surface area contributed by atoms with Crippen molar-refractivity contribution in [2.24, 2.45) is 0 Å². The van der Waals surface area contributed by atoms with Crippen molar-refractivity contribution in [1.82, 2.24) is 0 Å². The molecule has 0 amide bonds. The Hall–Kier alpha value is -1.49. The molecule has 25 heavy (non-hydrogen) atoms. The van der Waals surface area contributed by atoms with Crippen molar-refractivity contribution in [2.45, 2.75) is 52.4 Å². The van der Waals surface area contributed by atoms with Gasteiger partial charge in [-0.3, -0.25) is 0 Å². The van der Waals surface area contributed by atoms with Crippen LogP contribution >= 0.6 is 11.6 Å². The first-order valence-electron chi connectivity index (χ1n) is 8.52. The summed E-state index contributed by atoms with van der Waals surface area (Å²) in [5.74, 6) is 0.834. The van der Waals surface area contributed by atoms with E-state index in [4.69, 9.17) is 25.6 Å². The molecule has 0 spiro atoms. The van der Waals surface area contributed by atoms with E-state index in [1.54, 1.807) is 0 Å². The van der Waals surface area contributed by atoms with E-state index in [0.717, 1.165) is 22.3 Å². The van der Waals surface area contributed by atoms with E-state index in [9.17, 15) is 0 Å². The summed E-state index contributed by atoms with van der Waals surface area (Å²) in [6.45, 7) is 10.7. The highest BCUT2D eigenvalue weighted by Crippen LogP contribution is 2.36. The molecule has 0 aromatic heterocycles. The second-order valence-corrected chi connectivity index (χ2v) is 7.90. The quantitative estimate of drug-likeness (QED) is 0.752. The van der Waals surface area contributed by atoms with Crippen molar-refractivity contribution in [3.8, 4) is 5.75 Å². The number of hydrogen-bond acceptors (Lipinski definition) is 3. The van der Waals surface area contributed by atoms with Gasteiger partial charge in [-0.1, -0.05) is 41.9 Å². The molecule has 2 aromatic carbocycles. The zero-order chi connectivity index (χ0) is 18.2. The summed E-state index contributed by atoms with van der Waals surface area (Å²) in [6.07, 6.45) is 0. The lowest BCUT2D eigenvalue weighted by atomic mass is 9.78. The number of aryl methyl sites for hydroxylation is 1. The van der Waals surface area contributed by atoms with Gasteiger partial charge in [0, 0.05) is 10.6 Å². The third-order valence-electron chi connectivity index (χ3n) is 5.07. The van der Waals surface area contributed by atoms with Crippen molar-refractivity contribution < 1.29 is 14.0 Å². The molecule has 0 saturated carbocycles. The van der Waals surface area contributed by atoms with E-state index in [1.807, 2.05) is 43.3 Å². The first-order valence-corrected chi connectivity index (χ1v) is 8.90. The molecule has 3 nitrogen and oxygen atoms in total. The predicted octanol–water partition coefficient (Wildman–Crippen LogP) is 4.53. The minimum Gasteiger partial charge on any atom is -0.489 e. The highest BCUT2D eigenvalue weighted by Gasteiger charge is 2.51. The van der Waals surface area contributed by atoms with E-state index < -0.39 is 0 Å². The Labute approximate surface area is 155 Å². The normalized spacial score (nSPS) is 18.4. The van der Waals surface area contributed by atoms with Crippen molar-refractivity contribution >= 4 is 24.2 Å². The van der Waals surface area contributed by atoms with Gasteiger partial charge in [0.2, 0.25) is 0 Å². The molecule has 0 N–H and O–H groups in total. The van der Waals surface area contributed by atoms with Crippen LogP contribution in [0, 0.1) is 6.92 Å². The van der Waals surface area contributed by atoms with E-state index in [1.165, 1.54) is 0 Å². The second kappa shape index (κ2) is 6.67. The molecule has 3 rings (SSSR count). The largest absolute Gasteiger partial charge is 0.494 e. The minimum atomic E-state index is -0.360. The summed E-state index contributed by atoms with van der Waals surface area (Å²) < 4.78 is 18.2. The fraction of sp³-hybridized carbons (Fsp3) is 0.400. The molecule has 0 unspecified atom stereocenters. The van der Waals surface area contributed by atoms with Crippen molar-refractivity contribution in [2.75, 3.05) is 0 Å². The van der Waals surface area contributed by atoms with E-state index in [-0.39, 0.29) is 18.3 Å². The average molecular weight is 359 g/mol. The number of hydrogen-bond donors (Lipinski definition) is 0. The fourth-order valence-corrected chi connectivity index (χ4v) is 2.92. The van der Waals surface area contributed by atoms with E-state index >= 15 is 0 Å². The van der Waals surface area contributed by atoms with Crippen LogP contribution in [0.2, 0.25) is 5.02 Å². The molecule has 1 aliphatic heterocycles. The Bertz CT molecular complexity index is 757. The van der Waals surface area contributed by atoms with Crippen LogP contribution in [0.1, 0.15) is 38.8 Å². The maximum atomic E-state index is 6.18. The van der Waals surface area contributed by atoms with Crippen LogP contribution in [-0.2, 0) is 15.9 Å². The number of ether oxygens (including phenoxy) is 1. The Morgan fingerprint density at radius 2 is 1.64 bits per heavy atom. The van der Waals surface area contributed by atoms with Crippen molar-refractivity contribution in [3.63, 3.8) is 0 Å². The molecule has 5 heteroatoms. The Morgan fingerprint density at radius 1 is 1.00 bits per heavy atom. The van der Waals surface area contributed by atoms with Crippen LogP contribution in [0.15, 0.2) is 42.5 Å². The lowest BCUT2D eigenvalue weighted by Gasteiger charge is -2.32. The molecule has 0 bridgehead atoms. The van der Waals surface area contributed by atoms with Crippen LogP contribution in [0.5, 0.6) is 5.75 Å². The Morgan fingerprint density at radius 3 is 2.24 bits per heavy atom.